The van der Waals surface area contributed by atoms with Crippen LogP contribution in [0, 0.1) is 6.92 Å². The molecule has 74 valence electrons. The van der Waals surface area contributed by atoms with Crippen LogP contribution in [0.3, 0.4) is 0 Å². The maximum atomic E-state index is 5.82. The second kappa shape index (κ2) is 3.70. The smallest absolute Gasteiger partial charge is 0.195 e. The Labute approximate surface area is 84.2 Å². The van der Waals surface area contributed by atoms with E-state index in [9.17, 15) is 0 Å². The number of hydrogen-bond acceptors (Lipinski definition) is 3. The fraction of sp³-hybridized carbons (Fsp3) is 0.364. The lowest BCUT2D eigenvalue weighted by Gasteiger charge is -2.26. The number of aliphatic imine (C=N–C) groups is 1. The SMILES string of the molecule is Cc1ccc(N2CCCN=C2N)cc1. The van der Waals surface area contributed by atoms with Crippen LogP contribution in [0.1, 0.15) is 12.0 Å². The predicted octanol–water partition coefficient (Wildman–Crippen LogP) is 1.52. The van der Waals surface area contributed by atoms with Crippen molar-refractivity contribution in [3.63, 3.8) is 0 Å². The Morgan fingerprint density at radius 1 is 1.29 bits per heavy atom. The molecule has 0 saturated heterocycles. The number of anilines is 1. The lowest BCUT2D eigenvalue weighted by Crippen LogP contribution is -2.41. The minimum Gasteiger partial charge on any atom is -0.370 e. The molecule has 1 aliphatic rings. The molecule has 2 rings (SSSR count). The van der Waals surface area contributed by atoms with E-state index in [0.717, 1.165) is 25.2 Å². The van der Waals surface area contributed by atoms with Gasteiger partial charge in [0, 0.05) is 18.8 Å². The van der Waals surface area contributed by atoms with Gasteiger partial charge < -0.3 is 10.6 Å². The highest BCUT2D eigenvalue weighted by molar-refractivity contribution is 5.95. The average Bonchev–Trinajstić information content (AvgIpc) is 2.20. The van der Waals surface area contributed by atoms with Gasteiger partial charge in [-0.25, -0.2) is 0 Å². The van der Waals surface area contributed by atoms with E-state index in [1.807, 2.05) is 0 Å². The summed E-state index contributed by atoms with van der Waals surface area (Å²) in [5.74, 6) is 0.639. The van der Waals surface area contributed by atoms with E-state index in [-0.39, 0.29) is 0 Å². The largest absolute Gasteiger partial charge is 0.370 e. The Hall–Kier alpha value is -1.51. The van der Waals surface area contributed by atoms with Crippen molar-refractivity contribution in [2.75, 3.05) is 18.0 Å². The summed E-state index contributed by atoms with van der Waals surface area (Å²) in [6.07, 6.45) is 1.08. The third-order valence-corrected chi connectivity index (χ3v) is 2.44. The molecule has 3 nitrogen and oxygen atoms in total. The molecule has 1 aliphatic heterocycles. The fourth-order valence-corrected chi connectivity index (χ4v) is 1.61. The highest BCUT2D eigenvalue weighted by atomic mass is 15.3. The summed E-state index contributed by atoms with van der Waals surface area (Å²) < 4.78 is 0. The number of rotatable bonds is 1. The first-order valence-electron chi connectivity index (χ1n) is 4.91. The standard InChI is InChI=1S/C11H15N3/c1-9-3-5-10(6-4-9)14-8-2-7-13-11(14)12/h3-6H,2,7-8H2,1H3,(H2,12,13). The predicted molar refractivity (Wildman–Crippen MR) is 59.6 cm³/mol. The van der Waals surface area contributed by atoms with Gasteiger partial charge in [0.2, 0.25) is 0 Å². The van der Waals surface area contributed by atoms with Gasteiger partial charge in [0.1, 0.15) is 0 Å². The van der Waals surface area contributed by atoms with Crippen molar-refractivity contribution < 1.29 is 0 Å². The highest BCUT2D eigenvalue weighted by Crippen LogP contribution is 2.16. The molecule has 0 fully saturated rings. The second-order valence-electron chi connectivity index (χ2n) is 3.58. The molecular weight excluding hydrogens is 174 g/mol. The van der Waals surface area contributed by atoms with E-state index >= 15 is 0 Å². The lowest BCUT2D eigenvalue weighted by molar-refractivity contribution is 0.784. The molecule has 0 atom stereocenters. The van der Waals surface area contributed by atoms with Crippen molar-refractivity contribution in [3.05, 3.63) is 29.8 Å². The summed E-state index contributed by atoms with van der Waals surface area (Å²) in [5, 5.41) is 0. The molecule has 0 saturated carbocycles. The van der Waals surface area contributed by atoms with Crippen LogP contribution in [0.2, 0.25) is 0 Å². The molecule has 0 radical (unpaired) electrons. The van der Waals surface area contributed by atoms with E-state index in [1.165, 1.54) is 5.56 Å². The van der Waals surface area contributed by atoms with Crippen LogP contribution in [0.5, 0.6) is 0 Å². The van der Waals surface area contributed by atoms with Crippen LogP contribution >= 0.6 is 0 Å². The molecule has 1 aromatic rings. The zero-order chi connectivity index (χ0) is 9.97. The van der Waals surface area contributed by atoms with Crippen molar-refractivity contribution in [3.8, 4) is 0 Å². The van der Waals surface area contributed by atoms with Crippen LogP contribution in [0.4, 0.5) is 5.69 Å². The van der Waals surface area contributed by atoms with Crippen LogP contribution < -0.4 is 10.6 Å². The van der Waals surface area contributed by atoms with Gasteiger partial charge in [-0.1, -0.05) is 17.7 Å². The lowest BCUT2D eigenvalue weighted by atomic mass is 10.2. The number of aryl methyl sites for hydroxylation is 1. The van der Waals surface area contributed by atoms with Gasteiger partial charge in [0.15, 0.2) is 5.96 Å². The van der Waals surface area contributed by atoms with Gasteiger partial charge in [0.25, 0.3) is 0 Å². The quantitative estimate of drug-likeness (QED) is 0.727. The van der Waals surface area contributed by atoms with Crippen LogP contribution in [-0.2, 0) is 0 Å². The topological polar surface area (TPSA) is 41.6 Å². The van der Waals surface area contributed by atoms with Gasteiger partial charge in [-0.05, 0) is 25.5 Å². The fourth-order valence-electron chi connectivity index (χ4n) is 1.61. The van der Waals surface area contributed by atoms with Crippen LogP contribution in [0.25, 0.3) is 0 Å². The first-order valence-corrected chi connectivity index (χ1v) is 4.91. The third-order valence-electron chi connectivity index (χ3n) is 2.44. The molecule has 14 heavy (non-hydrogen) atoms. The van der Waals surface area contributed by atoms with Gasteiger partial charge >= 0.3 is 0 Å². The Morgan fingerprint density at radius 2 is 2.00 bits per heavy atom. The minimum absolute atomic E-state index is 0.639. The van der Waals surface area contributed by atoms with Gasteiger partial charge in [-0.3, -0.25) is 4.99 Å². The Morgan fingerprint density at radius 3 is 2.64 bits per heavy atom. The molecule has 0 spiro atoms. The number of nitrogens with zero attached hydrogens (tertiary/aromatic N) is 2. The third kappa shape index (κ3) is 1.71. The Balaban J connectivity index is 2.26. The van der Waals surface area contributed by atoms with E-state index < -0.39 is 0 Å². The maximum Gasteiger partial charge on any atom is 0.195 e. The van der Waals surface area contributed by atoms with E-state index in [4.69, 9.17) is 5.73 Å². The number of nitrogens with two attached hydrogens (primary N) is 1. The van der Waals surface area contributed by atoms with E-state index in [2.05, 4.69) is 41.1 Å². The van der Waals surface area contributed by atoms with Crippen molar-refractivity contribution in [1.82, 2.24) is 0 Å². The summed E-state index contributed by atoms with van der Waals surface area (Å²) in [4.78, 5) is 6.29. The summed E-state index contributed by atoms with van der Waals surface area (Å²) in [5.41, 5.74) is 8.23. The highest BCUT2D eigenvalue weighted by Gasteiger charge is 2.13. The second-order valence-corrected chi connectivity index (χ2v) is 3.58. The molecule has 0 aromatic heterocycles. The van der Waals surface area contributed by atoms with Crippen molar-refractivity contribution in [2.45, 2.75) is 13.3 Å². The zero-order valence-corrected chi connectivity index (χ0v) is 8.40. The van der Waals surface area contributed by atoms with Crippen molar-refractivity contribution in [2.24, 2.45) is 10.7 Å². The van der Waals surface area contributed by atoms with E-state index in [1.54, 1.807) is 0 Å². The molecule has 1 aromatic carbocycles. The monoisotopic (exact) mass is 189 g/mol. The van der Waals surface area contributed by atoms with Gasteiger partial charge in [0.05, 0.1) is 0 Å². The molecule has 1 heterocycles. The number of hydrogen-bond donors (Lipinski definition) is 1. The molecule has 0 bridgehead atoms. The molecule has 3 heteroatoms. The molecular formula is C11H15N3. The summed E-state index contributed by atoms with van der Waals surface area (Å²) >= 11 is 0. The van der Waals surface area contributed by atoms with Gasteiger partial charge in [-0.2, -0.15) is 0 Å². The average molecular weight is 189 g/mol. The first kappa shape index (κ1) is 9.06. The normalized spacial score (nSPS) is 16.6. The van der Waals surface area contributed by atoms with Gasteiger partial charge in [-0.15, -0.1) is 0 Å². The van der Waals surface area contributed by atoms with Crippen LogP contribution in [0.15, 0.2) is 29.3 Å². The van der Waals surface area contributed by atoms with Crippen molar-refractivity contribution >= 4 is 11.6 Å². The summed E-state index contributed by atoms with van der Waals surface area (Å²) in [6, 6.07) is 8.36. The molecule has 2 N–H and O–H groups in total. The van der Waals surface area contributed by atoms with E-state index in [0.29, 0.717) is 5.96 Å². The molecule has 0 unspecified atom stereocenters. The maximum absolute atomic E-state index is 5.82. The minimum atomic E-state index is 0.639. The Kier molecular flexibility index (Phi) is 2.39. The molecule has 0 amide bonds. The Bertz CT molecular complexity index is 340. The summed E-state index contributed by atoms with van der Waals surface area (Å²) in [7, 11) is 0. The molecule has 0 aliphatic carbocycles. The summed E-state index contributed by atoms with van der Waals surface area (Å²) in [6.45, 7) is 3.91. The number of guanidine groups is 1. The number of benzene rings is 1. The van der Waals surface area contributed by atoms with Crippen LogP contribution in [-0.4, -0.2) is 19.0 Å². The zero-order valence-electron chi connectivity index (χ0n) is 8.40. The first-order chi connectivity index (χ1) is 6.77. The van der Waals surface area contributed by atoms with Crippen molar-refractivity contribution in [1.29, 1.82) is 0 Å².